The number of carbonyl (C=O) groups excluding carboxylic acids is 2. The van der Waals surface area contributed by atoms with Crippen LogP contribution in [0, 0.1) is 0 Å². The third-order valence-corrected chi connectivity index (χ3v) is 3.18. The minimum absolute atomic E-state index is 0.364. The van der Waals surface area contributed by atoms with Crippen LogP contribution in [0.3, 0.4) is 0 Å². The van der Waals surface area contributed by atoms with Gasteiger partial charge in [-0.05, 0) is 17.7 Å². The number of carbonyl (C=O) groups is 2. The summed E-state index contributed by atoms with van der Waals surface area (Å²) >= 11 is 0. The van der Waals surface area contributed by atoms with Gasteiger partial charge < -0.3 is 4.74 Å². The average Bonchev–Trinajstić information content (AvgIpc) is 2.56. The van der Waals surface area contributed by atoms with Gasteiger partial charge in [-0.1, -0.05) is 54.6 Å². The fourth-order valence-electron chi connectivity index (χ4n) is 2.09. The van der Waals surface area contributed by atoms with E-state index in [1.807, 2.05) is 36.4 Å². The van der Waals surface area contributed by atoms with Gasteiger partial charge in [-0.15, -0.1) is 6.58 Å². The average molecular weight is 280 g/mol. The third-order valence-electron chi connectivity index (χ3n) is 3.18. The van der Waals surface area contributed by atoms with Crippen molar-refractivity contribution in [1.82, 2.24) is 0 Å². The molecule has 2 aromatic rings. The van der Waals surface area contributed by atoms with Crippen LogP contribution in [0.5, 0.6) is 0 Å². The lowest BCUT2D eigenvalue weighted by Gasteiger charge is -2.20. The minimum atomic E-state index is -0.891. The molecule has 2 atom stereocenters. The van der Waals surface area contributed by atoms with Gasteiger partial charge in [0.15, 0.2) is 12.4 Å². The molecule has 0 fully saturated rings. The standard InChI is InChI=1S/C18H16O3/c1-2-16(14-9-5-3-6-10-14)17(13-19)21-18(20)15-11-7-4-8-12-15/h2-13,16-17H,1H2/t16-,17+/m1/s1. The molecule has 0 saturated heterocycles. The number of rotatable bonds is 6. The Hall–Kier alpha value is -2.68. The molecule has 0 N–H and O–H groups in total. The van der Waals surface area contributed by atoms with Gasteiger partial charge in [0, 0.05) is 5.92 Å². The van der Waals surface area contributed by atoms with Crippen molar-refractivity contribution in [3.8, 4) is 0 Å². The Morgan fingerprint density at radius 2 is 1.57 bits per heavy atom. The van der Waals surface area contributed by atoms with Crippen molar-refractivity contribution < 1.29 is 14.3 Å². The fraction of sp³-hybridized carbons (Fsp3) is 0.111. The van der Waals surface area contributed by atoms with Crippen molar-refractivity contribution in [1.29, 1.82) is 0 Å². The fourth-order valence-corrected chi connectivity index (χ4v) is 2.09. The molecule has 106 valence electrons. The Bertz CT molecular complexity index is 605. The molecule has 0 aliphatic carbocycles. The molecule has 0 amide bonds. The minimum Gasteiger partial charge on any atom is -0.450 e. The Labute approximate surface area is 123 Å². The summed E-state index contributed by atoms with van der Waals surface area (Å²) in [5.41, 5.74) is 1.30. The molecule has 0 bridgehead atoms. The third kappa shape index (κ3) is 3.66. The molecule has 0 saturated carbocycles. The molecule has 0 heterocycles. The van der Waals surface area contributed by atoms with E-state index in [4.69, 9.17) is 4.74 Å². The van der Waals surface area contributed by atoms with Crippen LogP contribution >= 0.6 is 0 Å². The second-order valence-electron chi connectivity index (χ2n) is 4.54. The summed E-state index contributed by atoms with van der Waals surface area (Å²) in [5, 5.41) is 0. The van der Waals surface area contributed by atoms with Gasteiger partial charge in [0.05, 0.1) is 5.56 Å². The number of benzene rings is 2. The van der Waals surface area contributed by atoms with Crippen molar-refractivity contribution in [2.45, 2.75) is 12.0 Å². The summed E-state index contributed by atoms with van der Waals surface area (Å²) in [6, 6.07) is 18.0. The molecule has 0 unspecified atom stereocenters. The SMILES string of the molecule is C=C[C@H](c1ccccc1)[C@H](C=O)OC(=O)c1ccccc1. The smallest absolute Gasteiger partial charge is 0.338 e. The van der Waals surface area contributed by atoms with Crippen LogP contribution in [0.25, 0.3) is 0 Å². The summed E-state index contributed by atoms with van der Waals surface area (Å²) < 4.78 is 5.31. The molecule has 3 heteroatoms. The number of hydrogen-bond donors (Lipinski definition) is 0. The van der Waals surface area contributed by atoms with Gasteiger partial charge in [0.1, 0.15) is 0 Å². The number of ether oxygens (including phenoxy) is 1. The Kier molecular flexibility index (Phi) is 5.04. The van der Waals surface area contributed by atoms with Crippen molar-refractivity contribution in [3.05, 3.63) is 84.4 Å². The lowest BCUT2D eigenvalue weighted by molar-refractivity contribution is -0.116. The van der Waals surface area contributed by atoms with Crippen molar-refractivity contribution in [2.75, 3.05) is 0 Å². The van der Waals surface area contributed by atoms with Gasteiger partial charge in [-0.3, -0.25) is 4.79 Å². The number of hydrogen-bond acceptors (Lipinski definition) is 3. The predicted octanol–water partition coefficient (Wildman–Crippen LogP) is 3.38. The first-order valence-corrected chi connectivity index (χ1v) is 6.65. The molecular weight excluding hydrogens is 264 g/mol. The van der Waals surface area contributed by atoms with Gasteiger partial charge in [0.25, 0.3) is 0 Å². The summed E-state index contributed by atoms with van der Waals surface area (Å²) in [6.45, 7) is 3.74. The molecule has 0 radical (unpaired) electrons. The van der Waals surface area contributed by atoms with Crippen molar-refractivity contribution >= 4 is 12.3 Å². The van der Waals surface area contributed by atoms with Gasteiger partial charge in [0.2, 0.25) is 0 Å². The zero-order valence-electron chi connectivity index (χ0n) is 11.5. The highest BCUT2D eigenvalue weighted by atomic mass is 16.5. The molecule has 3 nitrogen and oxygen atoms in total. The summed E-state index contributed by atoms with van der Waals surface area (Å²) in [5.74, 6) is -0.883. The van der Waals surface area contributed by atoms with Crippen LogP contribution in [-0.2, 0) is 9.53 Å². The van der Waals surface area contributed by atoms with Gasteiger partial charge in [-0.2, -0.15) is 0 Å². The molecular formula is C18H16O3. The molecule has 2 rings (SSSR count). The second-order valence-corrected chi connectivity index (χ2v) is 4.54. The van der Waals surface area contributed by atoms with E-state index in [1.54, 1.807) is 30.3 Å². The highest BCUT2D eigenvalue weighted by Crippen LogP contribution is 2.23. The topological polar surface area (TPSA) is 43.4 Å². The summed E-state index contributed by atoms with van der Waals surface area (Å²) in [6.07, 6.45) is 1.37. The van der Waals surface area contributed by atoms with E-state index < -0.39 is 12.1 Å². The van der Waals surface area contributed by atoms with Crippen LogP contribution in [0.2, 0.25) is 0 Å². The maximum atomic E-state index is 12.1. The maximum absolute atomic E-state index is 12.1. The van der Waals surface area contributed by atoms with E-state index in [-0.39, 0.29) is 5.92 Å². The molecule has 0 spiro atoms. The zero-order chi connectivity index (χ0) is 15.1. The van der Waals surface area contributed by atoms with Crippen LogP contribution in [0.1, 0.15) is 21.8 Å². The second kappa shape index (κ2) is 7.20. The Morgan fingerprint density at radius 1 is 1.00 bits per heavy atom. The molecule has 0 aromatic heterocycles. The molecule has 0 aliphatic rings. The van der Waals surface area contributed by atoms with Crippen molar-refractivity contribution in [3.63, 3.8) is 0 Å². The Balaban J connectivity index is 2.17. The van der Waals surface area contributed by atoms with Crippen LogP contribution in [0.4, 0.5) is 0 Å². The van der Waals surface area contributed by atoms with E-state index in [1.165, 1.54) is 0 Å². The van der Waals surface area contributed by atoms with E-state index in [0.717, 1.165) is 5.56 Å². The van der Waals surface area contributed by atoms with Gasteiger partial charge in [-0.25, -0.2) is 4.79 Å². The highest BCUT2D eigenvalue weighted by molar-refractivity contribution is 5.90. The largest absolute Gasteiger partial charge is 0.450 e. The lowest BCUT2D eigenvalue weighted by atomic mass is 9.94. The molecule has 2 aromatic carbocycles. The number of aldehydes is 1. The van der Waals surface area contributed by atoms with E-state index in [2.05, 4.69) is 6.58 Å². The first-order valence-electron chi connectivity index (χ1n) is 6.65. The maximum Gasteiger partial charge on any atom is 0.338 e. The summed E-state index contributed by atoms with van der Waals surface area (Å²) in [4.78, 5) is 23.4. The monoisotopic (exact) mass is 280 g/mol. The van der Waals surface area contributed by atoms with E-state index in [0.29, 0.717) is 11.8 Å². The lowest BCUT2D eigenvalue weighted by Crippen LogP contribution is -2.26. The highest BCUT2D eigenvalue weighted by Gasteiger charge is 2.24. The first kappa shape index (κ1) is 14.7. The molecule has 0 aliphatic heterocycles. The summed E-state index contributed by atoms with van der Waals surface area (Å²) in [7, 11) is 0. The van der Waals surface area contributed by atoms with Crippen molar-refractivity contribution in [2.24, 2.45) is 0 Å². The quantitative estimate of drug-likeness (QED) is 0.463. The zero-order valence-corrected chi connectivity index (χ0v) is 11.5. The van der Waals surface area contributed by atoms with Gasteiger partial charge >= 0.3 is 5.97 Å². The predicted molar refractivity (Wildman–Crippen MR) is 81.1 cm³/mol. The molecule has 21 heavy (non-hydrogen) atoms. The van der Waals surface area contributed by atoms with Crippen LogP contribution < -0.4 is 0 Å². The number of esters is 1. The van der Waals surface area contributed by atoms with E-state index in [9.17, 15) is 9.59 Å². The van der Waals surface area contributed by atoms with Crippen LogP contribution in [0.15, 0.2) is 73.3 Å². The normalized spacial score (nSPS) is 13.0. The Morgan fingerprint density at radius 3 is 2.10 bits per heavy atom. The van der Waals surface area contributed by atoms with Crippen LogP contribution in [-0.4, -0.2) is 18.4 Å². The first-order chi connectivity index (χ1) is 10.3. The van der Waals surface area contributed by atoms with E-state index >= 15 is 0 Å².